The summed E-state index contributed by atoms with van der Waals surface area (Å²) in [6.07, 6.45) is 6.26. The Kier molecular flexibility index (Phi) is 8.56. The summed E-state index contributed by atoms with van der Waals surface area (Å²) in [6, 6.07) is 11.3. The summed E-state index contributed by atoms with van der Waals surface area (Å²) >= 11 is 0. The van der Waals surface area contributed by atoms with Crippen LogP contribution in [0.25, 0.3) is 0 Å². The SMILES string of the molecule is CC(C)=CCC[C@]1(C)Oc2ccc(C(=O)N(CCc3ccc(F)cc3)CC(=O)O)cc2[C@@H]2O[C@H](C)CC[C@H]21. The molecule has 0 radical (unpaired) electrons. The maximum Gasteiger partial charge on any atom is 0.323 e. The Hall–Kier alpha value is -3.19. The molecule has 2 aromatic carbocycles. The van der Waals surface area contributed by atoms with Gasteiger partial charge in [-0.2, -0.15) is 0 Å². The number of hydrogen-bond acceptors (Lipinski definition) is 4. The van der Waals surface area contributed by atoms with Gasteiger partial charge in [0.2, 0.25) is 0 Å². The monoisotopic (exact) mass is 523 g/mol. The molecule has 0 spiro atoms. The van der Waals surface area contributed by atoms with Gasteiger partial charge in [-0.15, -0.1) is 0 Å². The van der Waals surface area contributed by atoms with Gasteiger partial charge in [-0.25, -0.2) is 4.39 Å². The largest absolute Gasteiger partial charge is 0.487 e. The summed E-state index contributed by atoms with van der Waals surface area (Å²) in [5, 5.41) is 9.46. The number of carboxylic acids is 1. The van der Waals surface area contributed by atoms with Crippen molar-refractivity contribution >= 4 is 11.9 Å². The minimum atomic E-state index is -1.09. The minimum absolute atomic E-state index is 0.0998. The molecular weight excluding hydrogens is 485 g/mol. The number of nitrogens with zero attached hydrogens (tertiary/aromatic N) is 1. The van der Waals surface area contributed by atoms with Gasteiger partial charge >= 0.3 is 5.97 Å². The highest BCUT2D eigenvalue weighted by Crippen LogP contribution is 2.52. The fraction of sp³-hybridized carbons (Fsp3) is 0.484. The van der Waals surface area contributed by atoms with E-state index in [-0.39, 0.29) is 42.0 Å². The first kappa shape index (κ1) is 27.8. The third-order valence-electron chi connectivity index (χ3n) is 7.71. The highest BCUT2D eigenvalue weighted by molar-refractivity contribution is 5.96. The molecule has 4 atom stereocenters. The van der Waals surface area contributed by atoms with Gasteiger partial charge in [-0.3, -0.25) is 9.59 Å². The van der Waals surface area contributed by atoms with E-state index in [2.05, 4.69) is 33.8 Å². The number of carboxylic acid groups (broad SMARTS) is 1. The molecule has 1 fully saturated rings. The van der Waals surface area contributed by atoms with Gasteiger partial charge in [-0.1, -0.05) is 23.8 Å². The van der Waals surface area contributed by atoms with Gasteiger partial charge in [0.05, 0.1) is 12.2 Å². The first-order valence-corrected chi connectivity index (χ1v) is 13.4. The molecule has 0 aliphatic carbocycles. The Morgan fingerprint density at radius 2 is 1.89 bits per heavy atom. The van der Waals surface area contributed by atoms with Crippen LogP contribution in [0.1, 0.15) is 81.0 Å². The van der Waals surface area contributed by atoms with Gasteiger partial charge in [0, 0.05) is 23.6 Å². The van der Waals surface area contributed by atoms with Crippen LogP contribution >= 0.6 is 0 Å². The fourth-order valence-corrected chi connectivity index (χ4v) is 5.62. The molecule has 1 saturated heterocycles. The van der Waals surface area contributed by atoms with E-state index in [0.717, 1.165) is 36.8 Å². The number of carbonyl (C=O) groups excluding carboxylic acids is 1. The fourth-order valence-electron chi connectivity index (χ4n) is 5.62. The van der Waals surface area contributed by atoms with E-state index < -0.39 is 12.5 Å². The van der Waals surface area contributed by atoms with E-state index in [9.17, 15) is 19.1 Å². The van der Waals surface area contributed by atoms with Gasteiger partial charge in [0.1, 0.15) is 23.7 Å². The zero-order valence-corrected chi connectivity index (χ0v) is 22.7. The van der Waals surface area contributed by atoms with Gasteiger partial charge in [0.15, 0.2) is 0 Å². The van der Waals surface area contributed by atoms with E-state index >= 15 is 0 Å². The van der Waals surface area contributed by atoms with Crippen molar-refractivity contribution in [2.75, 3.05) is 13.1 Å². The van der Waals surface area contributed by atoms with Crippen molar-refractivity contribution in [1.29, 1.82) is 0 Å². The number of aliphatic carboxylic acids is 1. The van der Waals surface area contributed by atoms with E-state index in [4.69, 9.17) is 9.47 Å². The third-order valence-corrected chi connectivity index (χ3v) is 7.71. The van der Waals surface area contributed by atoms with E-state index in [1.807, 2.05) is 12.1 Å². The zero-order valence-electron chi connectivity index (χ0n) is 22.7. The zero-order chi connectivity index (χ0) is 27.4. The van der Waals surface area contributed by atoms with Crippen LogP contribution < -0.4 is 4.74 Å². The summed E-state index contributed by atoms with van der Waals surface area (Å²) in [6.45, 7) is 8.21. The second kappa shape index (κ2) is 11.7. The molecule has 2 aromatic rings. The number of ether oxygens (including phenoxy) is 2. The molecule has 0 saturated carbocycles. The number of fused-ring (bicyclic) bond motifs is 3. The normalized spacial score (nSPS) is 24.0. The second-order valence-corrected chi connectivity index (χ2v) is 11.0. The van der Waals surface area contributed by atoms with Crippen molar-refractivity contribution < 1.29 is 28.6 Å². The van der Waals surface area contributed by atoms with Crippen LogP contribution in [0.3, 0.4) is 0 Å². The van der Waals surface area contributed by atoms with Crippen LogP contribution in [0.4, 0.5) is 4.39 Å². The Morgan fingerprint density at radius 3 is 2.58 bits per heavy atom. The van der Waals surface area contributed by atoms with Crippen molar-refractivity contribution in [3.05, 3.63) is 76.6 Å². The number of halogens is 1. The van der Waals surface area contributed by atoms with Gasteiger partial charge in [0.25, 0.3) is 5.91 Å². The number of hydrogen-bond donors (Lipinski definition) is 1. The average Bonchev–Trinajstić information content (AvgIpc) is 2.86. The molecule has 7 heteroatoms. The lowest BCUT2D eigenvalue weighted by Gasteiger charge is -2.50. The van der Waals surface area contributed by atoms with Gasteiger partial charge < -0.3 is 19.5 Å². The van der Waals surface area contributed by atoms with Crippen LogP contribution in [-0.2, 0) is 16.0 Å². The molecule has 38 heavy (non-hydrogen) atoms. The van der Waals surface area contributed by atoms with Crippen LogP contribution in [0.5, 0.6) is 5.75 Å². The molecule has 2 aliphatic heterocycles. The van der Waals surface area contributed by atoms with Crippen LogP contribution in [0, 0.1) is 11.7 Å². The molecule has 4 rings (SSSR count). The van der Waals surface area contributed by atoms with Crippen molar-refractivity contribution in [3.63, 3.8) is 0 Å². The molecule has 0 aromatic heterocycles. The Bertz CT molecular complexity index is 1190. The minimum Gasteiger partial charge on any atom is -0.487 e. The number of rotatable bonds is 9. The van der Waals surface area contributed by atoms with Crippen LogP contribution in [0.15, 0.2) is 54.1 Å². The summed E-state index contributed by atoms with van der Waals surface area (Å²) in [5.74, 6) is -0.928. The van der Waals surface area contributed by atoms with E-state index in [0.29, 0.717) is 17.7 Å². The van der Waals surface area contributed by atoms with Crippen molar-refractivity contribution in [1.82, 2.24) is 4.90 Å². The highest BCUT2D eigenvalue weighted by Gasteiger charge is 2.49. The first-order chi connectivity index (χ1) is 18.1. The highest BCUT2D eigenvalue weighted by atomic mass is 19.1. The maximum absolute atomic E-state index is 13.5. The molecular formula is C31H38FNO5. The Morgan fingerprint density at radius 1 is 1.16 bits per heavy atom. The summed E-state index contributed by atoms with van der Waals surface area (Å²) in [4.78, 5) is 26.4. The standard InChI is InChI=1S/C31H38FNO5/c1-20(2)6-5-16-31(4)26-13-7-21(3)37-29(26)25-18-23(10-14-27(25)38-31)30(36)33(19-28(34)35)17-15-22-8-11-24(32)12-9-22/h6,8-12,14,18,21,26,29H,5,7,13,15-17,19H2,1-4H3,(H,34,35)/t21-,26-,29+,31+/m1/s1. The number of benzene rings is 2. The number of amides is 1. The Labute approximate surface area is 224 Å². The summed E-state index contributed by atoms with van der Waals surface area (Å²) in [7, 11) is 0. The van der Waals surface area contributed by atoms with Crippen molar-refractivity contribution in [2.24, 2.45) is 5.92 Å². The summed E-state index contributed by atoms with van der Waals surface area (Å²) < 4.78 is 26.4. The third kappa shape index (κ3) is 6.44. The first-order valence-electron chi connectivity index (χ1n) is 13.4. The van der Waals surface area contributed by atoms with Gasteiger partial charge in [-0.05, 0) is 95.7 Å². The lowest BCUT2D eigenvalue weighted by atomic mass is 9.72. The molecule has 0 unspecified atom stereocenters. The quantitative estimate of drug-likeness (QED) is 0.388. The molecule has 2 heterocycles. The second-order valence-electron chi connectivity index (χ2n) is 11.0. The number of allylic oxidation sites excluding steroid dienone is 2. The average molecular weight is 524 g/mol. The van der Waals surface area contributed by atoms with Crippen LogP contribution in [-0.4, -0.2) is 46.7 Å². The predicted octanol–water partition coefficient (Wildman–Crippen LogP) is 6.35. The molecule has 1 amide bonds. The molecule has 2 aliphatic rings. The molecule has 1 N–H and O–H groups in total. The summed E-state index contributed by atoms with van der Waals surface area (Å²) in [5.41, 5.74) is 2.97. The molecule has 0 bridgehead atoms. The predicted molar refractivity (Wildman–Crippen MR) is 144 cm³/mol. The lowest BCUT2D eigenvalue weighted by molar-refractivity contribution is -0.152. The molecule has 6 nitrogen and oxygen atoms in total. The lowest BCUT2D eigenvalue weighted by Crippen LogP contribution is -2.50. The smallest absolute Gasteiger partial charge is 0.323 e. The maximum atomic E-state index is 13.5. The molecule has 204 valence electrons. The topological polar surface area (TPSA) is 76.1 Å². The van der Waals surface area contributed by atoms with E-state index in [1.165, 1.54) is 22.6 Å². The van der Waals surface area contributed by atoms with E-state index in [1.54, 1.807) is 18.2 Å². The van der Waals surface area contributed by atoms with Crippen molar-refractivity contribution in [3.8, 4) is 5.75 Å². The van der Waals surface area contributed by atoms with Crippen molar-refractivity contribution in [2.45, 2.75) is 77.6 Å². The Balaban J connectivity index is 1.59. The number of carbonyl (C=O) groups is 2. The van der Waals surface area contributed by atoms with Crippen LogP contribution in [0.2, 0.25) is 0 Å².